The molecule has 1 aromatic carbocycles. The largest absolute Gasteiger partial charge is 0.508 e. The molecule has 0 spiro atoms. The first-order chi connectivity index (χ1) is 6.18. The Morgan fingerprint density at radius 2 is 2.15 bits per heavy atom. The second-order valence-corrected chi connectivity index (χ2v) is 2.53. The summed E-state index contributed by atoms with van der Waals surface area (Å²) in [4.78, 5) is 0. The number of halogens is 2. The van der Waals surface area contributed by atoms with Gasteiger partial charge in [-0.15, -0.1) is 0 Å². The predicted molar refractivity (Wildman–Crippen MR) is 44.2 cm³/mol. The fourth-order valence-corrected chi connectivity index (χ4v) is 0.839. The van der Waals surface area contributed by atoms with Crippen LogP contribution < -0.4 is 4.74 Å². The van der Waals surface area contributed by atoms with Crippen LogP contribution in [0.1, 0.15) is 6.42 Å². The van der Waals surface area contributed by atoms with Crippen LogP contribution in [0, 0.1) is 0 Å². The van der Waals surface area contributed by atoms with Gasteiger partial charge in [-0.05, 0) is 12.1 Å². The first-order valence-electron chi connectivity index (χ1n) is 3.88. The molecule has 4 heteroatoms. The lowest BCUT2D eigenvalue weighted by Crippen LogP contribution is -2.02. The summed E-state index contributed by atoms with van der Waals surface area (Å²) in [5.74, 6) is 0.468. The molecule has 0 heterocycles. The highest BCUT2D eigenvalue weighted by Gasteiger charge is 2.02. The highest BCUT2D eigenvalue weighted by Crippen LogP contribution is 2.17. The topological polar surface area (TPSA) is 29.5 Å². The summed E-state index contributed by atoms with van der Waals surface area (Å²) < 4.78 is 28.3. The zero-order valence-electron chi connectivity index (χ0n) is 6.91. The van der Waals surface area contributed by atoms with Gasteiger partial charge in [0.25, 0.3) is 0 Å². The Morgan fingerprint density at radius 3 is 2.77 bits per heavy atom. The van der Waals surface area contributed by atoms with Crippen molar-refractivity contribution in [3.8, 4) is 11.5 Å². The molecule has 0 bridgehead atoms. The summed E-state index contributed by atoms with van der Waals surface area (Å²) in [5.41, 5.74) is 0. The van der Waals surface area contributed by atoms with Gasteiger partial charge in [0, 0.05) is 12.5 Å². The standard InChI is InChI=1S/C9H10F2O2/c10-9(11)4-5-13-8-3-1-2-7(12)6-8/h1-3,6,9,12H,4-5H2. The zero-order chi connectivity index (χ0) is 9.68. The van der Waals surface area contributed by atoms with Crippen LogP contribution in [0.25, 0.3) is 0 Å². The fourth-order valence-electron chi connectivity index (χ4n) is 0.839. The molecule has 0 atom stereocenters. The number of aromatic hydroxyl groups is 1. The Hall–Kier alpha value is -1.32. The first-order valence-corrected chi connectivity index (χ1v) is 3.88. The molecule has 1 aromatic rings. The SMILES string of the molecule is Oc1cccc(OCCC(F)F)c1. The Morgan fingerprint density at radius 1 is 1.38 bits per heavy atom. The number of phenols is 1. The molecular formula is C9H10F2O2. The van der Waals surface area contributed by atoms with E-state index in [2.05, 4.69) is 0 Å². The van der Waals surface area contributed by atoms with Crippen molar-refractivity contribution >= 4 is 0 Å². The van der Waals surface area contributed by atoms with Crippen molar-refractivity contribution in [1.29, 1.82) is 0 Å². The van der Waals surface area contributed by atoms with Crippen LogP contribution in [-0.2, 0) is 0 Å². The van der Waals surface area contributed by atoms with Crippen molar-refractivity contribution < 1.29 is 18.6 Å². The maximum absolute atomic E-state index is 11.7. The van der Waals surface area contributed by atoms with E-state index < -0.39 is 6.43 Å². The molecule has 1 N–H and O–H groups in total. The molecule has 2 nitrogen and oxygen atoms in total. The third kappa shape index (κ3) is 3.73. The number of phenolic OH excluding ortho intramolecular Hbond substituents is 1. The van der Waals surface area contributed by atoms with E-state index in [0.29, 0.717) is 5.75 Å². The highest BCUT2D eigenvalue weighted by atomic mass is 19.3. The summed E-state index contributed by atoms with van der Waals surface area (Å²) in [7, 11) is 0. The first kappa shape index (κ1) is 9.77. The maximum atomic E-state index is 11.7. The summed E-state index contributed by atoms with van der Waals surface area (Å²) in [6.07, 6.45) is -2.65. The fraction of sp³-hybridized carbons (Fsp3) is 0.333. The van der Waals surface area contributed by atoms with Crippen LogP contribution in [-0.4, -0.2) is 18.1 Å². The van der Waals surface area contributed by atoms with Crippen LogP contribution in [0.4, 0.5) is 8.78 Å². The van der Waals surface area contributed by atoms with Gasteiger partial charge >= 0.3 is 0 Å². The Balaban J connectivity index is 2.37. The van der Waals surface area contributed by atoms with Crippen molar-refractivity contribution in [1.82, 2.24) is 0 Å². The predicted octanol–water partition coefficient (Wildman–Crippen LogP) is 2.43. The minimum Gasteiger partial charge on any atom is -0.508 e. The third-order valence-corrected chi connectivity index (χ3v) is 1.42. The van der Waals surface area contributed by atoms with Gasteiger partial charge in [0.15, 0.2) is 0 Å². The number of rotatable bonds is 4. The van der Waals surface area contributed by atoms with Gasteiger partial charge in [-0.2, -0.15) is 0 Å². The van der Waals surface area contributed by atoms with Crippen LogP contribution in [0.5, 0.6) is 11.5 Å². The Kier molecular flexibility index (Phi) is 3.49. The van der Waals surface area contributed by atoms with E-state index in [4.69, 9.17) is 9.84 Å². The van der Waals surface area contributed by atoms with Gasteiger partial charge in [-0.3, -0.25) is 0 Å². The molecule has 0 aliphatic carbocycles. The molecule has 0 aliphatic rings. The molecule has 0 saturated heterocycles. The molecule has 0 aromatic heterocycles. The number of hydrogen-bond donors (Lipinski definition) is 1. The second kappa shape index (κ2) is 4.64. The summed E-state index contributed by atoms with van der Waals surface area (Å²) in [5, 5.41) is 8.99. The van der Waals surface area contributed by atoms with Gasteiger partial charge < -0.3 is 9.84 Å². The second-order valence-electron chi connectivity index (χ2n) is 2.53. The Bertz CT molecular complexity index is 264. The minimum absolute atomic E-state index is 0.0406. The van der Waals surface area contributed by atoms with Crippen molar-refractivity contribution in [3.05, 3.63) is 24.3 Å². The number of hydrogen-bond acceptors (Lipinski definition) is 2. The van der Waals surface area contributed by atoms with E-state index in [0.717, 1.165) is 0 Å². The molecular weight excluding hydrogens is 178 g/mol. The van der Waals surface area contributed by atoms with Gasteiger partial charge in [-0.25, -0.2) is 8.78 Å². The molecule has 13 heavy (non-hydrogen) atoms. The smallest absolute Gasteiger partial charge is 0.241 e. The third-order valence-electron chi connectivity index (χ3n) is 1.42. The number of alkyl halides is 2. The van der Waals surface area contributed by atoms with E-state index >= 15 is 0 Å². The van der Waals surface area contributed by atoms with Gasteiger partial charge in [0.05, 0.1) is 6.61 Å². The number of ether oxygens (including phenoxy) is 1. The lowest BCUT2D eigenvalue weighted by molar-refractivity contribution is 0.114. The van der Waals surface area contributed by atoms with Crippen LogP contribution in [0.2, 0.25) is 0 Å². The van der Waals surface area contributed by atoms with Gasteiger partial charge in [0.1, 0.15) is 11.5 Å². The van der Waals surface area contributed by atoms with E-state index in [9.17, 15) is 8.78 Å². The molecule has 72 valence electrons. The van der Waals surface area contributed by atoms with Crippen molar-refractivity contribution in [2.45, 2.75) is 12.8 Å². The van der Waals surface area contributed by atoms with Crippen molar-refractivity contribution in [2.75, 3.05) is 6.61 Å². The normalized spacial score (nSPS) is 10.4. The summed E-state index contributed by atoms with van der Waals surface area (Å²) in [6, 6.07) is 6.06. The van der Waals surface area contributed by atoms with E-state index in [1.54, 1.807) is 12.1 Å². The molecule has 0 fully saturated rings. The van der Waals surface area contributed by atoms with Gasteiger partial charge in [-0.1, -0.05) is 6.07 Å². The van der Waals surface area contributed by atoms with Crippen LogP contribution >= 0.6 is 0 Å². The summed E-state index contributed by atoms with van der Waals surface area (Å²) >= 11 is 0. The van der Waals surface area contributed by atoms with E-state index in [1.807, 2.05) is 0 Å². The molecule has 0 saturated carbocycles. The van der Waals surface area contributed by atoms with Gasteiger partial charge in [0.2, 0.25) is 6.43 Å². The van der Waals surface area contributed by atoms with E-state index in [1.165, 1.54) is 12.1 Å². The molecule has 1 rings (SSSR count). The quantitative estimate of drug-likeness (QED) is 0.786. The number of benzene rings is 1. The van der Waals surface area contributed by atoms with Crippen molar-refractivity contribution in [2.24, 2.45) is 0 Å². The average molecular weight is 188 g/mol. The average Bonchev–Trinajstić information content (AvgIpc) is 2.03. The molecule has 0 aliphatic heterocycles. The lowest BCUT2D eigenvalue weighted by Gasteiger charge is -2.05. The molecule has 0 unspecified atom stereocenters. The summed E-state index contributed by atoms with van der Waals surface area (Å²) in [6.45, 7) is -0.0406. The molecule has 0 radical (unpaired) electrons. The highest BCUT2D eigenvalue weighted by molar-refractivity contribution is 5.31. The zero-order valence-corrected chi connectivity index (χ0v) is 6.91. The Labute approximate surface area is 74.8 Å². The monoisotopic (exact) mass is 188 g/mol. The van der Waals surface area contributed by atoms with Crippen molar-refractivity contribution in [3.63, 3.8) is 0 Å². The lowest BCUT2D eigenvalue weighted by atomic mass is 10.3. The van der Waals surface area contributed by atoms with Crippen LogP contribution in [0.15, 0.2) is 24.3 Å². The van der Waals surface area contributed by atoms with E-state index in [-0.39, 0.29) is 18.8 Å². The minimum atomic E-state index is -2.35. The van der Waals surface area contributed by atoms with Crippen LogP contribution in [0.3, 0.4) is 0 Å². The maximum Gasteiger partial charge on any atom is 0.241 e. The molecule has 0 amide bonds.